The Morgan fingerprint density at radius 3 is 2.96 bits per heavy atom. The van der Waals surface area contributed by atoms with Crippen LogP contribution in [-0.4, -0.2) is 54.0 Å². The van der Waals surface area contributed by atoms with Crippen LogP contribution in [0.5, 0.6) is 0 Å². The molecule has 0 aliphatic carbocycles. The molecular weight excluding hydrogens is 423 g/mol. The zero-order chi connectivity index (χ0) is 16.3. The van der Waals surface area contributed by atoms with Crippen molar-refractivity contribution in [2.75, 3.05) is 32.8 Å². The summed E-state index contributed by atoms with van der Waals surface area (Å²) in [5, 5.41) is 13.5. The maximum atomic E-state index is 5.28. The van der Waals surface area contributed by atoms with Gasteiger partial charge in [-0.25, -0.2) is 4.98 Å². The van der Waals surface area contributed by atoms with E-state index in [0.717, 1.165) is 18.3 Å². The predicted octanol–water partition coefficient (Wildman–Crippen LogP) is 1.82. The summed E-state index contributed by atoms with van der Waals surface area (Å²) in [6.07, 6.45) is 2.32. The van der Waals surface area contributed by atoms with Crippen LogP contribution in [0.25, 0.3) is 11.6 Å². The second kappa shape index (κ2) is 11.8. The molecular formula is C15H25IN6O2. The molecule has 8 nitrogen and oxygen atoms in total. The fraction of sp³-hybridized carbons (Fsp3) is 0.533. The van der Waals surface area contributed by atoms with Gasteiger partial charge in [0.2, 0.25) is 5.82 Å². The van der Waals surface area contributed by atoms with E-state index in [-0.39, 0.29) is 24.0 Å². The van der Waals surface area contributed by atoms with Crippen molar-refractivity contribution >= 4 is 29.9 Å². The largest absolute Gasteiger partial charge is 0.461 e. The molecule has 0 fully saturated rings. The quantitative estimate of drug-likeness (QED) is 0.234. The predicted molar refractivity (Wildman–Crippen MR) is 104 cm³/mol. The number of ether oxygens (including phenoxy) is 1. The van der Waals surface area contributed by atoms with Gasteiger partial charge in [-0.05, 0) is 26.0 Å². The lowest BCUT2D eigenvalue weighted by Crippen LogP contribution is -2.38. The third kappa shape index (κ3) is 6.87. The number of aromatic nitrogens is 3. The molecule has 0 saturated heterocycles. The molecule has 3 N–H and O–H groups in total. The van der Waals surface area contributed by atoms with Gasteiger partial charge in [0, 0.05) is 26.1 Å². The first-order valence-corrected chi connectivity index (χ1v) is 7.88. The van der Waals surface area contributed by atoms with E-state index in [1.165, 1.54) is 0 Å². The molecule has 0 unspecified atom stereocenters. The second-order valence-electron chi connectivity index (χ2n) is 4.72. The number of hydrogen-bond acceptors (Lipinski definition) is 5. The third-order valence-electron chi connectivity index (χ3n) is 2.98. The van der Waals surface area contributed by atoms with E-state index in [4.69, 9.17) is 9.15 Å². The Labute approximate surface area is 158 Å². The molecule has 2 aromatic heterocycles. The van der Waals surface area contributed by atoms with Gasteiger partial charge in [-0.2, -0.15) is 5.10 Å². The Morgan fingerprint density at radius 1 is 1.38 bits per heavy atom. The average Bonchev–Trinajstić information content (AvgIpc) is 3.22. The molecule has 0 aliphatic heterocycles. The number of halogens is 1. The van der Waals surface area contributed by atoms with E-state index in [2.05, 4.69) is 30.8 Å². The van der Waals surface area contributed by atoms with Crippen LogP contribution in [0.2, 0.25) is 0 Å². The van der Waals surface area contributed by atoms with Crippen molar-refractivity contribution in [2.24, 2.45) is 4.99 Å². The molecule has 2 rings (SSSR count). The number of furan rings is 1. The Morgan fingerprint density at radius 2 is 2.25 bits per heavy atom. The Bertz CT molecular complexity index is 585. The molecule has 0 aliphatic rings. The lowest BCUT2D eigenvalue weighted by molar-refractivity contribution is 0.155. The molecule has 0 spiro atoms. The fourth-order valence-corrected chi connectivity index (χ4v) is 1.93. The first-order chi connectivity index (χ1) is 11.3. The number of rotatable bonds is 9. The van der Waals surface area contributed by atoms with Gasteiger partial charge in [0.05, 0.1) is 19.4 Å². The van der Waals surface area contributed by atoms with Gasteiger partial charge in [0.25, 0.3) is 0 Å². The molecule has 0 saturated carbocycles. The second-order valence-corrected chi connectivity index (χ2v) is 4.72. The molecule has 0 bridgehead atoms. The SMILES string of the molecule is CCNC(=NCCOCC)NCCc1nc(-c2ccco2)n[nH]1.I. The number of aromatic amines is 1. The maximum absolute atomic E-state index is 5.28. The van der Waals surface area contributed by atoms with Crippen LogP contribution in [0.4, 0.5) is 0 Å². The van der Waals surface area contributed by atoms with Gasteiger partial charge in [-0.15, -0.1) is 24.0 Å². The highest BCUT2D eigenvalue weighted by molar-refractivity contribution is 14.0. The Kier molecular flexibility index (Phi) is 10.1. The number of aliphatic imine (C=N–C) groups is 1. The minimum Gasteiger partial charge on any atom is -0.461 e. The van der Waals surface area contributed by atoms with Crippen molar-refractivity contribution in [2.45, 2.75) is 20.3 Å². The first-order valence-electron chi connectivity index (χ1n) is 7.88. The van der Waals surface area contributed by atoms with Gasteiger partial charge in [0.15, 0.2) is 11.7 Å². The first kappa shape index (κ1) is 20.4. The Hall–Kier alpha value is -1.62. The Balaban J connectivity index is 0.00000288. The van der Waals surface area contributed by atoms with Crippen molar-refractivity contribution in [1.82, 2.24) is 25.8 Å². The van der Waals surface area contributed by atoms with Crippen molar-refractivity contribution < 1.29 is 9.15 Å². The molecule has 2 heterocycles. The normalized spacial score (nSPS) is 11.2. The van der Waals surface area contributed by atoms with Gasteiger partial charge in [-0.1, -0.05) is 0 Å². The van der Waals surface area contributed by atoms with E-state index in [9.17, 15) is 0 Å². The smallest absolute Gasteiger partial charge is 0.216 e. The molecule has 24 heavy (non-hydrogen) atoms. The summed E-state index contributed by atoms with van der Waals surface area (Å²) in [6.45, 7) is 7.49. The summed E-state index contributed by atoms with van der Waals surface area (Å²) in [5.74, 6) is 2.81. The highest BCUT2D eigenvalue weighted by Crippen LogP contribution is 2.14. The summed E-state index contributed by atoms with van der Waals surface area (Å²) >= 11 is 0. The van der Waals surface area contributed by atoms with Crippen LogP contribution < -0.4 is 10.6 Å². The minimum atomic E-state index is 0. The summed E-state index contributed by atoms with van der Waals surface area (Å²) in [4.78, 5) is 8.84. The van der Waals surface area contributed by atoms with Crippen LogP contribution in [0.1, 0.15) is 19.7 Å². The lowest BCUT2D eigenvalue weighted by atomic mass is 10.4. The van der Waals surface area contributed by atoms with Crippen molar-refractivity contribution in [3.8, 4) is 11.6 Å². The van der Waals surface area contributed by atoms with Crippen LogP contribution in [0, 0.1) is 0 Å². The molecule has 0 atom stereocenters. The maximum Gasteiger partial charge on any atom is 0.216 e. The molecule has 0 aromatic carbocycles. The number of nitrogens with one attached hydrogen (secondary N) is 3. The number of H-pyrrole nitrogens is 1. The van der Waals surface area contributed by atoms with Crippen molar-refractivity contribution in [1.29, 1.82) is 0 Å². The highest BCUT2D eigenvalue weighted by atomic mass is 127. The fourth-order valence-electron chi connectivity index (χ4n) is 1.93. The number of nitrogens with zero attached hydrogens (tertiary/aromatic N) is 3. The molecule has 0 radical (unpaired) electrons. The summed E-state index contributed by atoms with van der Waals surface area (Å²) in [6, 6.07) is 3.65. The van der Waals surface area contributed by atoms with Crippen molar-refractivity contribution in [3.05, 3.63) is 24.2 Å². The van der Waals surface area contributed by atoms with Crippen LogP contribution in [-0.2, 0) is 11.2 Å². The zero-order valence-electron chi connectivity index (χ0n) is 14.0. The summed E-state index contributed by atoms with van der Waals surface area (Å²) in [7, 11) is 0. The highest BCUT2D eigenvalue weighted by Gasteiger charge is 2.08. The zero-order valence-corrected chi connectivity index (χ0v) is 16.4. The molecule has 2 aromatic rings. The van der Waals surface area contributed by atoms with E-state index < -0.39 is 0 Å². The van der Waals surface area contributed by atoms with E-state index in [1.54, 1.807) is 6.26 Å². The summed E-state index contributed by atoms with van der Waals surface area (Å²) in [5.41, 5.74) is 0. The number of guanidine groups is 1. The van der Waals surface area contributed by atoms with Gasteiger partial charge in [0.1, 0.15) is 5.82 Å². The van der Waals surface area contributed by atoms with Crippen LogP contribution in [0.15, 0.2) is 27.8 Å². The molecule has 0 amide bonds. The standard InChI is InChI=1S/C15H24N6O2.HI/c1-3-16-15(18-9-11-22-4-2)17-8-7-13-19-14(21-20-13)12-6-5-10-23-12;/h5-6,10H,3-4,7-9,11H2,1-2H3,(H2,16,17,18)(H,19,20,21);1H. The van der Waals surface area contributed by atoms with Crippen LogP contribution >= 0.6 is 24.0 Å². The molecule has 9 heteroatoms. The average molecular weight is 448 g/mol. The van der Waals surface area contributed by atoms with E-state index in [1.807, 2.05) is 26.0 Å². The van der Waals surface area contributed by atoms with Gasteiger partial charge < -0.3 is 19.8 Å². The molecule has 134 valence electrons. The van der Waals surface area contributed by atoms with Crippen molar-refractivity contribution in [3.63, 3.8) is 0 Å². The van der Waals surface area contributed by atoms with E-state index in [0.29, 0.717) is 44.3 Å². The monoisotopic (exact) mass is 448 g/mol. The third-order valence-corrected chi connectivity index (χ3v) is 2.98. The lowest BCUT2D eigenvalue weighted by Gasteiger charge is -2.10. The van der Waals surface area contributed by atoms with Gasteiger partial charge >= 0.3 is 0 Å². The van der Waals surface area contributed by atoms with Crippen LogP contribution in [0.3, 0.4) is 0 Å². The minimum absolute atomic E-state index is 0. The van der Waals surface area contributed by atoms with E-state index >= 15 is 0 Å². The topological polar surface area (TPSA) is 100 Å². The van der Waals surface area contributed by atoms with Gasteiger partial charge in [-0.3, -0.25) is 10.1 Å². The summed E-state index contributed by atoms with van der Waals surface area (Å²) < 4.78 is 10.5. The number of hydrogen-bond donors (Lipinski definition) is 3.